The average Bonchev–Trinajstić information content (AvgIpc) is 3.13. The van der Waals surface area contributed by atoms with Crippen molar-refractivity contribution in [3.05, 3.63) is 53.6 Å². The number of carbonyl (C=O) groups excluding carboxylic acids is 3. The lowest BCUT2D eigenvalue weighted by atomic mass is 10.2. The zero-order chi connectivity index (χ0) is 18.5. The van der Waals surface area contributed by atoms with Crippen LogP contribution in [-0.2, 0) is 20.9 Å². The molecule has 1 heterocycles. The molecule has 0 aliphatic carbocycles. The number of esters is 1. The van der Waals surface area contributed by atoms with Crippen molar-refractivity contribution in [3.63, 3.8) is 0 Å². The molecular weight excluding hydrogens is 340 g/mol. The van der Waals surface area contributed by atoms with E-state index in [0.29, 0.717) is 22.7 Å². The Kier molecular flexibility index (Phi) is 5.02. The molecule has 0 atom stereocenters. The molecule has 2 amide bonds. The third kappa shape index (κ3) is 3.92. The van der Waals surface area contributed by atoms with Crippen molar-refractivity contribution in [2.75, 3.05) is 19.2 Å². The standard InChI is InChI=1S/C18H16N2O6/c1-24-18(23)12-3-5-13(6-4-12)20-17(22)16(21)19-9-11-2-7-14-15(8-11)26-10-25-14/h2-8H,9-10H2,1H3,(H,19,21)(H,20,22). The molecule has 0 fully saturated rings. The summed E-state index contributed by atoms with van der Waals surface area (Å²) in [5.74, 6) is -0.819. The molecule has 8 nitrogen and oxygen atoms in total. The van der Waals surface area contributed by atoms with Gasteiger partial charge in [0.15, 0.2) is 11.5 Å². The lowest BCUT2D eigenvalue weighted by molar-refractivity contribution is -0.136. The van der Waals surface area contributed by atoms with Crippen molar-refractivity contribution in [2.45, 2.75) is 6.54 Å². The summed E-state index contributed by atoms with van der Waals surface area (Å²) in [7, 11) is 1.28. The molecule has 3 rings (SSSR count). The fourth-order valence-electron chi connectivity index (χ4n) is 2.31. The molecule has 2 aromatic carbocycles. The second kappa shape index (κ2) is 7.56. The van der Waals surface area contributed by atoms with Gasteiger partial charge >= 0.3 is 17.8 Å². The number of hydrogen-bond acceptors (Lipinski definition) is 6. The van der Waals surface area contributed by atoms with Crippen LogP contribution in [-0.4, -0.2) is 31.7 Å². The summed E-state index contributed by atoms with van der Waals surface area (Å²) in [4.78, 5) is 35.2. The Hall–Kier alpha value is -3.55. The Morgan fingerprint density at radius 2 is 1.73 bits per heavy atom. The van der Waals surface area contributed by atoms with E-state index in [-0.39, 0.29) is 13.3 Å². The normalized spacial score (nSPS) is 11.6. The van der Waals surface area contributed by atoms with Gasteiger partial charge in [-0.05, 0) is 42.0 Å². The van der Waals surface area contributed by atoms with Crippen LogP contribution >= 0.6 is 0 Å². The number of rotatable bonds is 4. The second-order valence-electron chi connectivity index (χ2n) is 5.39. The molecule has 0 radical (unpaired) electrons. The highest BCUT2D eigenvalue weighted by atomic mass is 16.7. The molecular formula is C18H16N2O6. The first-order valence-corrected chi connectivity index (χ1v) is 7.73. The molecule has 134 valence electrons. The van der Waals surface area contributed by atoms with Crippen LogP contribution in [0.4, 0.5) is 5.69 Å². The van der Waals surface area contributed by atoms with E-state index < -0.39 is 17.8 Å². The predicted molar refractivity (Wildman–Crippen MR) is 90.8 cm³/mol. The monoisotopic (exact) mass is 356 g/mol. The summed E-state index contributed by atoms with van der Waals surface area (Å²) >= 11 is 0. The molecule has 0 saturated heterocycles. The molecule has 8 heteroatoms. The summed E-state index contributed by atoms with van der Waals surface area (Å²) in [6.07, 6.45) is 0. The fourth-order valence-corrected chi connectivity index (χ4v) is 2.31. The largest absolute Gasteiger partial charge is 0.465 e. The van der Waals surface area contributed by atoms with Crippen LogP contribution in [0.15, 0.2) is 42.5 Å². The Morgan fingerprint density at radius 1 is 1.00 bits per heavy atom. The minimum absolute atomic E-state index is 0.169. The molecule has 2 aromatic rings. The van der Waals surface area contributed by atoms with E-state index in [1.54, 1.807) is 18.2 Å². The van der Waals surface area contributed by atoms with Gasteiger partial charge in [0.1, 0.15) is 0 Å². The fraction of sp³-hybridized carbons (Fsp3) is 0.167. The van der Waals surface area contributed by atoms with Gasteiger partial charge in [-0.1, -0.05) is 6.07 Å². The van der Waals surface area contributed by atoms with E-state index in [9.17, 15) is 14.4 Å². The summed E-state index contributed by atoms with van der Waals surface area (Å²) in [5.41, 5.74) is 1.51. The first kappa shape index (κ1) is 17.3. The van der Waals surface area contributed by atoms with Crippen molar-refractivity contribution in [2.24, 2.45) is 0 Å². The van der Waals surface area contributed by atoms with Gasteiger partial charge in [0, 0.05) is 12.2 Å². The highest BCUT2D eigenvalue weighted by Crippen LogP contribution is 2.32. The van der Waals surface area contributed by atoms with E-state index >= 15 is 0 Å². The van der Waals surface area contributed by atoms with E-state index in [2.05, 4.69) is 15.4 Å². The summed E-state index contributed by atoms with van der Waals surface area (Å²) < 4.78 is 15.1. The molecule has 26 heavy (non-hydrogen) atoms. The maximum atomic E-state index is 11.9. The van der Waals surface area contributed by atoms with E-state index in [0.717, 1.165) is 5.56 Å². The van der Waals surface area contributed by atoms with Gasteiger partial charge < -0.3 is 24.8 Å². The summed E-state index contributed by atoms with van der Waals surface area (Å²) in [5, 5.41) is 4.98. The number of carbonyl (C=O) groups is 3. The maximum Gasteiger partial charge on any atom is 0.337 e. The van der Waals surface area contributed by atoms with Gasteiger partial charge in [-0.25, -0.2) is 4.79 Å². The number of fused-ring (bicyclic) bond motifs is 1. The van der Waals surface area contributed by atoms with Gasteiger partial charge in [-0.15, -0.1) is 0 Å². The van der Waals surface area contributed by atoms with Crippen LogP contribution in [0, 0.1) is 0 Å². The highest BCUT2D eigenvalue weighted by molar-refractivity contribution is 6.39. The smallest absolute Gasteiger partial charge is 0.337 e. The van der Waals surface area contributed by atoms with E-state index in [1.807, 2.05) is 0 Å². The molecule has 1 aliphatic rings. The average molecular weight is 356 g/mol. The molecule has 0 spiro atoms. The van der Waals surface area contributed by atoms with Gasteiger partial charge in [0.2, 0.25) is 6.79 Å². The van der Waals surface area contributed by atoms with Crippen LogP contribution < -0.4 is 20.1 Å². The van der Waals surface area contributed by atoms with Crippen molar-refractivity contribution in [1.29, 1.82) is 0 Å². The quantitative estimate of drug-likeness (QED) is 0.635. The Labute approximate surface area is 149 Å². The van der Waals surface area contributed by atoms with Gasteiger partial charge in [-0.2, -0.15) is 0 Å². The number of methoxy groups -OCH3 is 1. The lowest BCUT2D eigenvalue weighted by Crippen LogP contribution is -2.34. The zero-order valence-corrected chi connectivity index (χ0v) is 13.9. The molecule has 2 N–H and O–H groups in total. The molecule has 0 saturated carbocycles. The predicted octanol–water partition coefficient (Wildman–Crippen LogP) is 1.46. The molecule has 0 bridgehead atoms. The Bertz CT molecular complexity index is 847. The number of amides is 2. The third-order valence-electron chi connectivity index (χ3n) is 3.66. The topological polar surface area (TPSA) is 103 Å². The first-order valence-electron chi connectivity index (χ1n) is 7.73. The molecule has 0 unspecified atom stereocenters. The number of benzene rings is 2. The minimum Gasteiger partial charge on any atom is -0.465 e. The third-order valence-corrected chi connectivity index (χ3v) is 3.66. The van der Waals surface area contributed by atoms with Crippen LogP contribution in [0.3, 0.4) is 0 Å². The van der Waals surface area contributed by atoms with Crippen molar-refractivity contribution < 1.29 is 28.6 Å². The SMILES string of the molecule is COC(=O)c1ccc(NC(=O)C(=O)NCc2ccc3c(c2)OCO3)cc1. The van der Waals surface area contributed by atoms with E-state index in [4.69, 9.17) is 9.47 Å². The zero-order valence-electron chi connectivity index (χ0n) is 13.9. The highest BCUT2D eigenvalue weighted by Gasteiger charge is 2.16. The Morgan fingerprint density at radius 3 is 2.46 bits per heavy atom. The van der Waals surface area contributed by atoms with Gasteiger partial charge in [-0.3, -0.25) is 9.59 Å². The van der Waals surface area contributed by atoms with Crippen LogP contribution in [0.1, 0.15) is 15.9 Å². The van der Waals surface area contributed by atoms with Gasteiger partial charge in [0.25, 0.3) is 0 Å². The van der Waals surface area contributed by atoms with Crippen LogP contribution in [0.2, 0.25) is 0 Å². The first-order chi connectivity index (χ1) is 12.6. The van der Waals surface area contributed by atoms with Crippen molar-refractivity contribution in [1.82, 2.24) is 5.32 Å². The summed E-state index contributed by atoms with van der Waals surface area (Å²) in [6.45, 7) is 0.340. The maximum absolute atomic E-state index is 11.9. The number of hydrogen-bond donors (Lipinski definition) is 2. The summed E-state index contributed by atoms with van der Waals surface area (Å²) in [6, 6.07) is 11.3. The van der Waals surface area contributed by atoms with Crippen LogP contribution in [0.25, 0.3) is 0 Å². The lowest BCUT2D eigenvalue weighted by Gasteiger charge is -2.08. The second-order valence-corrected chi connectivity index (χ2v) is 5.39. The Balaban J connectivity index is 1.53. The van der Waals surface area contributed by atoms with Crippen molar-refractivity contribution >= 4 is 23.5 Å². The molecule has 1 aliphatic heterocycles. The minimum atomic E-state index is -0.809. The van der Waals surface area contributed by atoms with Crippen molar-refractivity contribution in [3.8, 4) is 11.5 Å². The van der Waals surface area contributed by atoms with Gasteiger partial charge in [0.05, 0.1) is 12.7 Å². The molecule has 0 aromatic heterocycles. The number of anilines is 1. The number of ether oxygens (including phenoxy) is 3. The number of nitrogens with one attached hydrogen (secondary N) is 2. The van der Waals surface area contributed by atoms with Crippen LogP contribution in [0.5, 0.6) is 11.5 Å². The van der Waals surface area contributed by atoms with E-state index in [1.165, 1.54) is 31.4 Å².